The number of nitrogens with zero attached hydrogens (tertiary/aromatic N) is 1. The first kappa shape index (κ1) is 12.2. The summed E-state index contributed by atoms with van der Waals surface area (Å²) in [6, 6.07) is 9.28. The Bertz CT molecular complexity index is 366. The average Bonchev–Trinajstić information content (AvgIpc) is 2.40. The Morgan fingerprint density at radius 2 is 2.18 bits per heavy atom. The van der Waals surface area contributed by atoms with Crippen molar-refractivity contribution < 1.29 is 14.6 Å². The van der Waals surface area contributed by atoms with Crippen LogP contribution in [0.1, 0.15) is 10.4 Å². The predicted octanol–water partition coefficient (Wildman–Crippen LogP) is 0.562. The van der Waals surface area contributed by atoms with Crippen molar-refractivity contribution in [2.45, 2.75) is 6.10 Å². The lowest BCUT2D eigenvalue weighted by molar-refractivity contribution is -0.0503. The molecule has 0 radical (unpaired) electrons. The molecule has 1 aromatic rings. The maximum Gasteiger partial charge on any atom is 0.176 e. The average molecular weight is 235 g/mol. The molecule has 1 aromatic carbocycles. The summed E-state index contributed by atoms with van der Waals surface area (Å²) in [6.45, 7) is 2.34. The van der Waals surface area contributed by atoms with Crippen molar-refractivity contribution in [3.05, 3.63) is 35.9 Å². The van der Waals surface area contributed by atoms with Gasteiger partial charge in [0.15, 0.2) is 5.78 Å². The number of hydrogen-bond acceptors (Lipinski definition) is 4. The number of carbonyl (C=O) groups is 1. The van der Waals surface area contributed by atoms with E-state index in [0.717, 1.165) is 12.1 Å². The maximum atomic E-state index is 12.0. The van der Waals surface area contributed by atoms with Crippen molar-refractivity contribution in [3.8, 4) is 0 Å². The van der Waals surface area contributed by atoms with Gasteiger partial charge in [0.2, 0.25) is 0 Å². The largest absolute Gasteiger partial charge is 0.394 e. The molecule has 0 unspecified atom stereocenters. The minimum atomic E-state index is -0.160. The van der Waals surface area contributed by atoms with Crippen LogP contribution in [0, 0.1) is 0 Å². The zero-order valence-electron chi connectivity index (χ0n) is 9.71. The van der Waals surface area contributed by atoms with E-state index in [-0.39, 0.29) is 18.5 Å². The lowest BCUT2D eigenvalue weighted by Crippen LogP contribution is -2.45. The number of morpholine rings is 1. The van der Waals surface area contributed by atoms with Gasteiger partial charge in [-0.1, -0.05) is 30.3 Å². The molecule has 0 bridgehead atoms. The first-order valence-corrected chi connectivity index (χ1v) is 5.82. The molecule has 1 saturated heterocycles. The second-order valence-corrected chi connectivity index (χ2v) is 4.20. The van der Waals surface area contributed by atoms with E-state index < -0.39 is 0 Å². The fourth-order valence-electron chi connectivity index (χ4n) is 1.95. The highest BCUT2D eigenvalue weighted by Gasteiger charge is 2.21. The Morgan fingerprint density at radius 1 is 1.41 bits per heavy atom. The summed E-state index contributed by atoms with van der Waals surface area (Å²) >= 11 is 0. The lowest BCUT2D eigenvalue weighted by Gasteiger charge is -2.31. The van der Waals surface area contributed by atoms with E-state index in [9.17, 15) is 4.79 Å². The fraction of sp³-hybridized carbons (Fsp3) is 0.462. The molecule has 1 heterocycles. The molecule has 1 fully saturated rings. The third-order valence-electron chi connectivity index (χ3n) is 2.89. The number of rotatable bonds is 4. The summed E-state index contributed by atoms with van der Waals surface area (Å²) < 4.78 is 5.34. The van der Waals surface area contributed by atoms with Crippen molar-refractivity contribution in [2.75, 3.05) is 32.8 Å². The van der Waals surface area contributed by atoms with Crippen molar-refractivity contribution in [1.29, 1.82) is 0 Å². The molecule has 0 amide bonds. The van der Waals surface area contributed by atoms with Crippen LogP contribution >= 0.6 is 0 Å². The number of benzene rings is 1. The molecule has 1 N–H and O–H groups in total. The number of aliphatic hydroxyl groups excluding tert-OH is 1. The summed E-state index contributed by atoms with van der Waals surface area (Å²) in [6.07, 6.45) is -0.160. The number of Topliss-reactive ketones (excluding diaryl/α,β-unsaturated/α-hetero) is 1. The van der Waals surface area contributed by atoms with E-state index in [1.165, 1.54) is 0 Å². The lowest BCUT2D eigenvalue weighted by atomic mass is 10.1. The molecule has 4 heteroatoms. The molecule has 2 rings (SSSR count). The Morgan fingerprint density at radius 3 is 2.88 bits per heavy atom. The molecule has 1 atom stereocenters. The van der Waals surface area contributed by atoms with Gasteiger partial charge in [-0.3, -0.25) is 9.69 Å². The van der Waals surface area contributed by atoms with Crippen molar-refractivity contribution >= 4 is 5.78 Å². The van der Waals surface area contributed by atoms with E-state index in [1.807, 2.05) is 35.2 Å². The third-order valence-corrected chi connectivity index (χ3v) is 2.89. The van der Waals surface area contributed by atoms with Crippen LogP contribution in [-0.4, -0.2) is 54.7 Å². The van der Waals surface area contributed by atoms with Crippen molar-refractivity contribution in [2.24, 2.45) is 0 Å². The first-order valence-electron chi connectivity index (χ1n) is 5.82. The van der Waals surface area contributed by atoms with Gasteiger partial charge in [0.05, 0.1) is 25.9 Å². The monoisotopic (exact) mass is 235 g/mol. The van der Waals surface area contributed by atoms with Crippen LogP contribution in [0.2, 0.25) is 0 Å². The topological polar surface area (TPSA) is 49.8 Å². The minimum absolute atomic E-state index is 0.00995. The highest BCUT2D eigenvalue weighted by Crippen LogP contribution is 2.07. The Balaban J connectivity index is 1.90. The third kappa shape index (κ3) is 3.36. The quantitative estimate of drug-likeness (QED) is 0.775. The maximum absolute atomic E-state index is 12.0. The highest BCUT2D eigenvalue weighted by atomic mass is 16.5. The SMILES string of the molecule is O=C(CN1CCO[C@@H](CO)C1)c1ccccc1. The minimum Gasteiger partial charge on any atom is -0.394 e. The molecule has 92 valence electrons. The fourth-order valence-corrected chi connectivity index (χ4v) is 1.95. The summed E-state index contributed by atoms with van der Waals surface area (Å²) in [5.41, 5.74) is 0.736. The zero-order chi connectivity index (χ0) is 12.1. The summed E-state index contributed by atoms with van der Waals surface area (Å²) in [5, 5.41) is 9.02. The van der Waals surface area contributed by atoms with Crippen molar-refractivity contribution in [3.63, 3.8) is 0 Å². The molecular weight excluding hydrogens is 218 g/mol. The summed E-state index contributed by atoms with van der Waals surface area (Å²) in [7, 11) is 0. The van der Waals surface area contributed by atoms with Crippen LogP contribution in [0.25, 0.3) is 0 Å². The number of aliphatic hydroxyl groups is 1. The normalized spacial score (nSPS) is 21.4. The van der Waals surface area contributed by atoms with Crippen LogP contribution in [0.5, 0.6) is 0 Å². The first-order chi connectivity index (χ1) is 8.29. The Hall–Kier alpha value is -1.23. The van der Waals surface area contributed by atoms with Gasteiger partial charge in [-0.2, -0.15) is 0 Å². The molecule has 4 nitrogen and oxygen atoms in total. The van der Waals surface area contributed by atoms with E-state index in [4.69, 9.17) is 9.84 Å². The zero-order valence-corrected chi connectivity index (χ0v) is 9.71. The van der Waals surface area contributed by atoms with Gasteiger partial charge in [0.25, 0.3) is 0 Å². The van der Waals surface area contributed by atoms with Gasteiger partial charge in [-0.15, -0.1) is 0 Å². The molecule has 1 aliphatic heterocycles. The van der Waals surface area contributed by atoms with Gasteiger partial charge in [-0.25, -0.2) is 0 Å². The van der Waals surface area contributed by atoms with Crippen LogP contribution in [0.15, 0.2) is 30.3 Å². The molecule has 0 aliphatic carbocycles. The summed E-state index contributed by atoms with van der Waals surface area (Å²) in [5.74, 6) is 0.115. The van der Waals surface area contributed by atoms with E-state index in [0.29, 0.717) is 19.7 Å². The number of hydrogen-bond donors (Lipinski definition) is 1. The number of ketones is 1. The van der Waals surface area contributed by atoms with E-state index >= 15 is 0 Å². The van der Waals surface area contributed by atoms with Gasteiger partial charge in [0.1, 0.15) is 0 Å². The van der Waals surface area contributed by atoms with Crippen LogP contribution in [0.4, 0.5) is 0 Å². The number of ether oxygens (including phenoxy) is 1. The molecule has 0 saturated carbocycles. The van der Waals surface area contributed by atoms with Gasteiger partial charge in [0, 0.05) is 18.7 Å². The van der Waals surface area contributed by atoms with E-state index in [1.54, 1.807) is 0 Å². The smallest absolute Gasteiger partial charge is 0.176 e. The Kier molecular flexibility index (Phi) is 4.25. The second-order valence-electron chi connectivity index (χ2n) is 4.20. The van der Waals surface area contributed by atoms with Crippen LogP contribution in [0.3, 0.4) is 0 Å². The van der Waals surface area contributed by atoms with E-state index in [2.05, 4.69) is 0 Å². The van der Waals surface area contributed by atoms with Crippen LogP contribution in [-0.2, 0) is 4.74 Å². The molecule has 1 aliphatic rings. The predicted molar refractivity (Wildman–Crippen MR) is 64.0 cm³/mol. The molecule has 17 heavy (non-hydrogen) atoms. The molecular formula is C13H17NO3. The summed E-state index contributed by atoms with van der Waals surface area (Å²) in [4.78, 5) is 14.0. The standard InChI is InChI=1S/C13H17NO3/c15-10-12-8-14(6-7-17-12)9-13(16)11-4-2-1-3-5-11/h1-5,12,15H,6-10H2/t12-/m1/s1. The van der Waals surface area contributed by atoms with Gasteiger partial charge in [-0.05, 0) is 0 Å². The molecule has 0 aromatic heterocycles. The second kappa shape index (κ2) is 5.91. The Labute approximate surface area is 101 Å². The van der Waals surface area contributed by atoms with Crippen molar-refractivity contribution in [1.82, 2.24) is 4.90 Å². The number of carbonyl (C=O) groups excluding carboxylic acids is 1. The van der Waals surface area contributed by atoms with Gasteiger partial charge < -0.3 is 9.84 Å². The van der Waals surface area contributed by atoms with Gasteiger partial charge >= 0.3 is 0 Å². The highest BCUT2D eigenvalue weighted by molar-refractivity contribution is 5.97. The van der Waals surface area contributed by atoms with Crippen LogP contribution < -0.4 is 0 Å². The molecule has 0 spiro atoms.